The summed E-state index contributed by atoms with van der Waals surface area (Å²) in [7, 11) is 3.32. The van der Waals surface area contributed by atoms with Gasteiger partial charge in [0, 0.05) is 19.2 Å². The van der Waals surface area contributed by atoms with Gasteiger partial charge in [0.2, 0.25) is 0 Å². The Hall–Kier alpha value is -1.53. The van der Waals surface area contributed by atoms with Crippen LogP contribution in [0.25, 0.3) is 0 Å². The molecule has 0 aliphatic heterocycles. The first kappa shape index (κ1) is 14.9. The molecule has 20 heavy (non-hydrogen) atoms. The van der Waals surface area contributed by atoms with Crippen molar-refractivity contribution in [1.82, 2.24) is 4.90 Å². The molecule has 0 fully saturated rings. The van der Waals surface area contributed by atoms with Gasteiger partial charge >= 0.3 is 0 Å². The molecular formula is C14H15BrN2O2S. The third-order valence-electron chi connectivity index (χ3n) is 2.86. The highest BCUT2D eigenvalue weighted by molar-refractivity contribution is 9.11. The second kappa shape index (κ2) is 6.28. The number of halogens is 1. The van der Waals surface area contributed by atoms with E-state index in [1.807, 2.05) is 11.4 Å². The maximum Gasteiger partial charge on any atom is 0.253 e. The summed E-state index contributed by atoms with van der Waals surface area (Å²) in [6, 6.07) is 7.08. The van der Waals surface area contributed by atoms with Crippen LogP contribution in [-0.2, 0) is 6.54 Å². The van der Waals surface area contributed by atoms with Crippen molar-refractivity contribution in [3.8, 4) is 5.75 Å². The Labute approximate surface area is 130 Å². The van der Waals surface area contributed by atoms with E-state index in [-0.39, 0.29) is 5.91 Å². The van der Waals surface area contributed by atoms with Crippen LogP contribution in [-0.4, -0.2) is 25.0 Å². The normalized spacial score (nSPS) is 10.3. The summed E-state index contributed by atoms with van der Waals surface area (Å²) in [4.78, 5) is 14.0. The van der Waals surface area contributed by atoms with Gasteiger partial charge in [-0.15, -0.1) is 11.3 Å². The van der Waals surface area contributed by atoms with Crippen LogP contribution in [0.15, 0.2) is 33.4 Å². The first-order valence-corrected chi connectivity index (χ1v) is 7.60. The van der Waals surface area contributed by atoms with E-state index >= 15 is 0 Å². The average Bonchev–Trinajstić information content (AvgIpc) is 2.83. The van der Waals surface area contributed by atoms with Crippen molar-refractivity contribution in [3.05, 3.63) is 44.6 Å². The lowest BCUT2D eigenvalue weighted by molar-refractivity contribution is 0.0785. The van der Waals surface area contributed by atoms with Gasteiger partial charge in [0.05, 0.1) is 16.6 Å². The fraction of sp³-hybridized carbons (Fsp3) is 0.214. The summed E-state index contributed by atoms with van der Waals surface area (Å²) in [5, 5.41) is 2.02. The van der Waals surface area contributed by atoms with E-state index in [1.54, 1.807) is 48.6 Å². The van der Waals surface area contributed by atoms with Gasteiger partial charge < -0.3 is 15.4 Å². The number of hydrogen-bond acceptors (Lipinski definition) is 4. The molecule has 4 nitrogen and oxygen atoms in total. The molecule has 1 aromatic carbocycles. The summed E-state index contributed by atoms with van der Waals surface area (Å²) in [5.41, 5.74) is 7.94. The molecule has 6 heteroatoms. The van der Waals surface area contributed by atoms with Crippen LogP contribution in [0.3, 0.4) is 0 Å². The van der Waals surface area contributed by atoms with Crippen LogP contribution in [0.4, 0.5) is 5.69 Å². The number of anilines is 1. The number of thiophene rings is 1. The number of nitrogens with two attached hydrogens (primary N) is 1. The van der Waals surface area contributed by atoms with Gasteiger partial charge in [-0.25, -0.2) is 0 Å². The van der Waals surface area contributed by atoms with E-state index in [4.69, 9.17) is 10.5 Å². The zero-order valence-electron chi connectivity index (χ0n) is 11.2. The molecule has 0 saturated carbocycles. The Balaban J connectivity index is 2.12. The Kier molecular flexibility index (Phi) is 4.67. The van der Waals surface area contributed by atoms with Crippen molar-refractivity contribution in [3.63, 3.8) is 0 Å². The van der Waals surface area contributed by atoms with Gasteiger partial charge in [0.15, 0.2) is 0 Å². The maximum atomic E-state index is 12.3. The summed E-state index contributed by atoms with van der Waals surface area (Å²) >= 11 is 5.02. The van der Waals surface area contributed by atoms with E-state index in [9.17, 15) is 4.79 Å². The van der Waals surface area contributed by atoms with Gasteiger partial charge in [0.1, 0.15) is 5.75 Å². The molecule has 1 heterocycles. The minimum atomic E-state index is -0.0679. The standard InChI is InChI=1S/C14H15BrN2O2S/c1-17(7-9-5-13(15)20-8-9)14(18)10-3-4-12(19-2)11(16)6-10/h3-6,8H,7,16H2,1-2H3. The SMILES string of the molecule is COc1ccc(C(=O)N(C)Cc2csc(Br)c2)cc1N. The van der Waals surface area contributed by atoms with Crippen LogP contribution in [0.2, 0.25) is 0 Å². The van der Waals surface area contributed by atoms with Crippen LogP contribution in [0.5, 0.6) is 5.75 Å². The molecule has 0 aliphatic carbocycles. The van der Waals surface area contributed by atoms with Crippen molar-refractivity contribution in [2.45, 2.75) is 6.54 Å². The molecule has 0 unspecified atom stereocenters. The maximum absolute atomic E-state index is 12.3. The lowest BCUT2D eigenvalue weighted by atomic mass is 10.1. The first-order valence-electron chi connectivity index (χ1n) is 5.93. The number of ether oxygens (including phenoxy) is 1. The summed E-state index contributed by atoms with van der Waals surface area (Å²) in [6.07, 6.45) is 0. The smallest absolute Gasteiger partial charge is 0.253 e. The summed E-state index contributed by atoms with van der Waals surface area (Å²) in [6.45, 7) is 0.562. The van der Waals surface area contributed by atoms with Crippen LogP contribution in [0, 0.1) is 0 Å². The molecular weight excluding hydrogens is 340 g/mol. The number of carbonyl (C=O) groups excluding carboxylic acids is 1. The minimum Gasteiger partial charge on any atom is -0.495 e. The van der Waals surface area contributed by atoms with Gasteiger partial charge in [-0.05, 0) is 51.1 Å². The molecule has 1 aromatic heterocycles. The van der Waals surface area contributed by atoms with Gasteiger partial charge in [-0.3, -0.25) is 4.79 Å². The number of nitrogen functional groups attached to an aromatic ring is 1. The van der Waals surface area contributed by atoms with Crippen molar-refractivity contribution in [2.24, 2.45) is 0 Å². The number of methoxy groups -OCH3 is 1. The van der Waals surface area contributed by atoms with Crippen LogP contribution < -0.4 is 10.5 Å². The molecule has 0 atom stereocenters. The lowest BCUT2D eigenvalue weighted by Gasteiger charge is -2.17. The highest BCUT2D eigenvalue weighted by Crippen LogP contribution is 2.24. The molecule has 0 spiro atoms. The lowest BCUT2D eigenvalue weighted by Crippen LogP contribution is -2.26. The minimum absolute atomic E-state index is 0.0679. The fourth-order valence-electron chi connectivity index (χ4n) is 1.86. The highest BCUT2D eigenvalue weighted by Gasteiger charge is 2.14. The number of amides is 1. The summed E-state index contributed by atoms with van der Waals surface area (Å²) < 4.78 is 6.14. The van der Waals surface area contributed by atoms with Crippen LogP contribution >= 0.6 is 27.3 Å². The van der Waals surface area contributed by atoms with Gasteiger partial charge in [0.25, 0.3) is 5.91 Å². The van der Waals surface area contributed by atoms with Gasteiger partial charge in [-0.2, -0.15) is 0 Å². The Bertz CT molecular complexity index is 627. The Morgan fingerprint density at radius 3 is 2.75 bits per heavy atom. The predicted octanol–water partition coefficient (Wildman–Crippen LogP) is 3.37. The quantitative estimate of drug-likeness (QED) is 0.856. The molecule has 0 radical (unpaired) electrons. The Morgan fingerprint density at radius 1 is 1.45 bits per heavy atom. The number of nitrogens with zero attached hydrogens (tertiary/aromatic N) is 1. The zero-order valence-corrected chi connectivity index (χ0v) is 13.6. The van der Waals surface area contributed by atoms with Crippen molar-refractivity contribution < 1.29 is 9.53 Å². The molecule has 0 bridgehead atoms. The van der Waals surface area contributed by atoms with E-state index in [0.717, 1.165) is 9.35 Å². The first-order chi connectivity index (χ1) is 9.51. The number of benzene rings is 1. The third-order valence-corrected chi connectivity index (χ3v) is 4.42. The molecule has 1 amide bonds. The predicted molar refractivity (Wildman–Crippen MR) is 85.2 cm³/mol. The second-order valence-electron chi connectivity index (χ2n) is 4.38. The monoisotopic (exact) mass is 354 g/mol. The van der Waals surface area contributed by atoms with E-state index in [2.05, 4.69) is 15.9 Å². The van der Waals surface area contributed by atoms with Crippen molar-refractivity contribution in [1.29, 1.82) is 0 Å². The summed E-state index contributed by atoms with van der Waals surface area (Å²) in [5.74, 6) is 0.507. The van der Waals surface area contributed by atoms with Crippen molar-refractivity contribution >= 4 is 38.9 Å². The number of rotatable bonds is 4. The molecule has 0 saturated heterocycles. The Morgan fingerprint density at radius 2 is 2.20 bits per heavy atom. The molecule has 0 aliphatic rings. The fourth-order valence-corrected chi connectivity index (χ4v) is 3.06. The van der Waals surface area contributed by atoms with E-state index in [1.165, 1.54) is 0 Å². The molecule has 2 aromatic rings. The number of hydrogen-bond donors (Lipinski definition) is 1. The number of carbonyl (C=O) groups is 1. The average molecular weight is 355 g/mol. The molecule has 106 valence electrons. The topological polar surface area (TPSA) is 55.6 Å². The van der Waals surface area contributed by atoms with E-state index < -0.39 is 0 Å². The van der Waals surface area contributed by atoms with Gasteiger partial charge in [-0.1, -0.05) is 0 Å². The largest absolute Gasteiger partial charge is 0.495 e. The van der Waals surface area contributed by atoms with E-state index in [0.29, 0.717) is 23.5 Å². The molecule has 2 rings (SSSR count). The zero-order chi connectivity index (χ0) is 14.7. The van der Waals surface area contributed by atoms with Crippen LogP contribution in [0.1, 0.15) is 15.9 Å². The van der Waals surface area contributed by atoms with Crippen molar-refractivity contribution in [2.75, 3.05) is 19.9 Å². The third kappa shape index (κ3) is 3.32. The highest BCUT2D eigenvalue weighted by atomic mass is 79.9. The molecule has 2 N–H and O–H groups in total. The second-order valence-corrected chi connectivity index (χ2v) is 6.67.